The van der Waals surface area contributed by atoms with E-state index >= 15 is 0 Å². The van der Waals surface area contributed by atoms with Crippen molar-refractivity contribution in [1.82, 2.24) is 10.3 Å². The van der Waals surface area contributed by atoms with Crippen molar-refractivity contribution in [2.75, 3.05) is 10.6 Å². The van der Waals surface area contributed by atoms with Crippen molar-refractivity contribution in [3.63, 3.8) is 0 Å². The summed E-state index contributed by atoms with van der Waals surface area (Å²) in [6.07, 6.45) is 2.46. The highest BCUT2D eigenvalue weighted by molar-refractivity contribution is 7.22. The lowest BCUT2D eigenvalue weighted by Gasteiger charge is -2.40. The molecule has 1 spiro atoms. The van der Waals surface area contributed by atoms with E-state index in [1.165, 1.54) is 11.3 Å². The number of hydrogen-bond acceptors (Lipinski definition) is 6. The molecule has 0 bridgehead atoms. The number of ketones is 1. The number of nitrogens with zero attached hydrogens (tertiary/aromatic N) is 1. The molecule has 4 N–H and O–H groups in total. The number of nitrogens with one attached hydrogen (secondary N) is 4. The zero-order chi connectivity index (χ0) is 22.1. The van der Waals surface area contributed by atoms with E-state index < -0.39 is 11.5 Å². The van der Waals surface area contributed by atoms with E-state index in [2.05, 4.69) is 32.0 Å². The molecule has 1 aliphatic carbocycles. The number of anilines is 2. The van der Waals surface area contributed by atoms with Gasteiger partial charge in [0.15, 0.2) is 0 Å². The fourth-order valence-corrected chi connectivity index (χ4v) is 5.96. The van der Waals surface area contributed by atoms with Crippen LogP contribution in [0.1, 0.15) is 25.8 Å². The van der Waals surface area contributed by atoms with Crippen molar-refractivity contribution >= 4 is 50.0 Å². The zero-order valence-corrected chi connectivity index (χ0v) is 18.5. The molecule has 32 heavy (non-hydrogen) atoms. The van der Waals surface area contributed by atoms with Crippen LogP contribution in [0.4, 0.5) is 10.8 Å². The van der Waals surface area contributed by atoms with Crippen LogP contribution in [0.2, 0.25) is 0 Å². The fraction of sp³-hybridized carbons (Fsp3) is 0.250. The van der Waals surface area contributed by atoms with E-state index in [9.17, 15) is 9.59 Å². The number of thiazole rings is 1. The molecule has 7 nitrogen and oxygen atoms in total. The first kappa shape index (κ1) is 19.2. The summed E-state index contributed by atoms with van der Waals surface area (Å²) in [5, 5.41) is 10.3. The Bertz CT molecular complexity index is 1340. The van der Waals surface area contributed by atoms with Gasteiger partial charge in [-0.05, 0) is 29.7 Å². The minimum Gasteiger partial charge on any atom is -0.322 e. The molecule has 2 aliphatic heterocycles. The molecule has 0 radical (unpaired) electrons. The van der Waals surface area contributed by atoms with Crippen molar-refractivity contribution in [1.29, 1.82) is 0 Å². The van der Waals surface area contributed by atoms with Crippen LogP contribution in [0.3, 0.4) is 0 Å². The number of allylic oxidation sites excluding steroid dienone is 1. The van der Waals surface area contributed by atoms with Crippen molar-refractivity contribution in [2.24, 2.45) is 11.3 Å². The molecule has 6 rings (SSSR count). The van der Waals surface area contributed by atoms with E-state index in [0.717, 1.165) is 27.2 Å². The minimum absolute atomic E-state index is 0.0402. The van der Waals surface area contributed by atoms with Crippen LogP contribution in [0.5, 0.6) is 0 Å². The van der Waals surface area contributed by atoms with Crippen molar-refractivity contribution in [2.45, 2.75) is 25.8 Å². The van der Waals surface area contributed by atoms with Gasteiger partial charge >= 0.3 is 5.96 Å². The second kappa shape index (κ2) is 6.49. The molecule has 0 fully saturated rings. The summed E-state index contributed by atoms with van der Waals surface area (Å²) >= 11 is 1.53. The minimum atomic E-state index is -1.22. The highest BCUT2D eigenvalue weighted by Crippen LogP contribution is 2.46. The number of benzene rings is 2. The van der Waals surface area contributed by atoms with Crippen LogP contribution in [0.25, 0.3) is 10.2 Å². The van der Waals surface area contributed by atoms with Crippen molar-refractivity contribution in [3.05, 3.63) is 65.9 Å². The number of carbonyl (C=O) groups excluding carboxylic acids is 2. The molecule has 3 aliphatic rings. The van der Waals surface area contributed by atoms with E-state index in [1.807, 2.05) is 62.4 Å². The number of guanidine groups is 1. The lowest BCUT2D eigenvalue weighted by Crippen LogP contribution is -2.95. The maximum absolute atomic E-state index is 13.5. The molecule has 8 heteroatoms. The molecule has 160 valence electrons. The maximum atomic E-state index is 13.5. The van der Waals surface area contributed by atoms with Crippen LogP contribution in [-0.2, 0) is 15.1 Å². The summed E-state index contributed by atoms with van der Waals surface area (Å²) in [6.45, 7) is 4.07. The average molecular weight is 445 g/mol. The quantitative estimate of drug-likeness (QED) is 0.461. The fourth-order valence-electron chi connectivity index (χ4n) is 5.09. The van der Waals surface area contributed by atoms with Gasteiger partial charge in [-0.15, -0.1) is 0 Å². The third-order valence-corrected chi connectivity index (χ3v) is 7.27. The summed E-state index contributed by atoms with van der Waals surface area (Å²) < 4.78 is 1.07. The van der Waals surface area contributed by atoms with Gasteiger partial charge < -0.3 is 5.32 Å². The molecule has 3 aromatic rings. The second-order valence-corrected chi connectivity index (χ2v) is 10.2. The first-order valence-corrected chi connectivity index (χ1v) is 11.4. The Morgan fingerprint density at radius 3 is 2.72 bits per heavy atom. The monoisotopic (exact) mass is 444 g/mol. The van der Waals surface area contributed by atoms with E-state index in [4.69, 9.17) is 0 Å². The Hall–Kier alpha value is -3.52. The topological polar surface area (TPSA) is 97.1 Å². The normalized spacial score (nSPS) is 25.5. The summed E-state index contributed by atoms with van der Waals surface area (Å²) in [5.74, 6) is -0.296. The van der Waals surface area contributed by atoms with Gasteiger partial charge in [-0.25, -0.2) is 15.6 Å². The van der Waals surface area contributed by atoms with E-state index in [-0.39, 0.29) is 17.1 Å². The summed E-state index contributed by atoms with van der Waals surface area (Å²) in [5.41, 5.74) is 1.62. The SMILES string of the molecule is CC1(C)C=C2NC(Nc3nc4ccccc4s3)=[NH+][C@]3(C(=O)Nc4ccccc43)[C@@H]2C(=O)C1. The zero-order valence-electron chi connectivity index (χ0n) is 17.7. The molecule has 2 atom stereocenters. The largest absolute Gasteiger partial charge is 0.356 e. The van der Waals surface area contributed by atoms with Gasteiger partial charge in [0.25, 0.3) is 11.0 Å². The number of aromatic nitrogens is 1. The lowest BCUT2D eigenvalue weighted by molar-refractivity contribution is -0.555. The van der Waals surface area contributed by atoms with Gasteiger partial charge in [0.2, 0.25) is 5.54 Å². The second-order valence-electron chi connectivity index (χ2n) is 9.21. The van der Waals surface area contributed by atoms with Crippen LogP contribution in [0.15, 0.2) is 60.3 Å². The Labute approximate surface area is 188 Å². The van der Waals surface area contributed by atoms with Crippen LogP contribution < -0.4 is 20.9 Å². The molecule has 2 aromatic carbocycles. The molecule has 1 amide bonds. The number of fused-ring (bicyclic) bond motifs is 5. The predicted molar refractivity (Wildman–Crippen MR) is 124 cm³/mol. The summed E-state index contributed by atoms with van der Waals surface area (Å²) in [4.78, 5) is 34.9. The Morgan fingerprint density at radius 2 is 1.88 bits per heavy atom. The van der Waals surface area contributed by atoms with Crippen molar-refractivity contribution < 1.29 is 14.6 Å². The first-order valence-electron chi connectivity index (χ1n) is 10.6. The number of para-hydroxylation sites is 2. The molecule has 1 aromatic heterocycles. The number of amides is 1. The standard InChI is InChI=1S/C24H21N5O2S/c1-23(2)11-16-19(17(30)12-23)24(13-7-3-4-8-14(13)25-20(24)31)29-21(26-16)28-22-27-15-9-5-6-10-18(15)32-22/h3-11,19H,12H2,1-2H3,(H,25,31)(H2,26,27,28,29)/p+1/t19-,24-/m0/s1. The molecule has 0 saturated heterocycles. The average Bonchev–Trinajstić information content (AvgIpc) is 3.25. The molecule has 0 unspecified atom stereocenters. The molecule has 0 saturated carbocycles. The lowest BCUT2D eigenvalue weighted by atomic mass is 9.66. The number of Topliss-reactive ketones (excluding diaryl/α,β-unsaturated/α-hetero) is 1. The van der Waals surface area contributed by atoms with Gasteiger partial charge in [0.05, 0.1) is 15.9 Å². The number of carbonyl (C=O) groups is 2. The van der Waals surface area contributed by atoms with Crippen LogP contribution in [0, 0.1) is 11.3 Å². The highest BCUT2D eigenvalue weighted by Gasteiger charge is 2.62. The number of hydrogen-bond donors (Lipinski definition) is 4. The smallest absolute Gasteiger partial charge is 0.322 e. The Balaban J connectivity index is 1.52. The van der Waals surface area contributed by atoms with Crippen molar-refractivity contribution in [3.8, 4) is 0 Å². The maximum Gasteiger partial charge on any atom is 0.356 e. The first-order chi connectivity index (χ1) is 15.4. The van der Waals surface area contributed by atoms with Gasteiger partial charge in [-0.1, -0.05) is 55.5 Å². The van der Waals surface area contributed by atoms with Gasteiger partial charge in [-0.3, -0.25) is 14.6 Å². The Kier molecular flexibility index (Phi) is 3.89. The third kappa shape index (κ3) is 2.72. The highest BCUT2D eigenvalue weighted by atomic mass is 32.1. The van der Waals surface area contributed by atoms with Crippen LogP contribution >= 0.6 is 11.3 Å². The third-order valence-electron chi connectivity index (χ3n) is 6.32. The predicted octanol–water partition coefficient (Wildman–Crippen LogP) is 2.09. The van der Waals surface area contributed by atoms with Crippen LogP contribution in [-0.4, -0.2) is 22.6 Å². The Morgan fingerprint density at radius 1 is 1.09 bits per heavy atom. The summed E-state index contributed by atoms with van der Waals surface area (Å²) in [6, 6.07) is 15.5. The molecular weight excluding hydrogens is 422 g/mol. The molecule has 3 heterocycles. The van der Waals surface area contributed by atoms with Gasteiger partial charge in [0, 0.05) is 17.7 Å². The van der Waals surface area contributed by atoms with Gasteiger partial charge in [-0.2, -0.15) is 0 Å². The molecular formula is C24H22N5O2S+. The number of rotatable bonds is 1. The van der Waals surface area contributed by atoms with E-state index in [0.29, 0.717) is 17.5 Å². The summed E-state index contributed by atoms with van der Waals surface area (Å²) in [7, 11) is 0. The van der Waals surface area contributed by atoms with Gasteiger partial charge in [0.1, 0.15) is 11.7 Å². The van der Waals surface area contributed by atoms with E-state index in [1.54, 1.807) is 0 Å².